The molecule has 1 aromatic carbocycles. The smallest absolute Gasteiger partial charge is 0.169 e. The van der Waals surface area contributed by atoms with Crippen LogP contribution in [0.4, 0.5) is 0 Å². The predicted octanol–water partition coefficient (Wildman–Crippen LogP) is 4.02. The van der Waals surface area contributed by atoms with E-state index in [0.29, 0.717) is 11.1 Å². The van der Waals surface area contributed by atoms with Crippen molar-refractivity contribution in [2.45, 2.75) is 31.8 Å². The van der Waals surface area contributed by atoms with E-state index in [4.69, 9.17) is 28.3 Å². The number of aromatic nitrogens is 1. The minimum Gasteiger partial charge on any atom is -0.366 e. The van der Waals surface area contributed by atoms with Gasteiger partial charge >= 0.3 is 0 Å². The van der Waals surface area contributed by atoms with Crippen LogP contribution in [0.1, 0.15) is 31.6 Å². The van der Waals surface area contributed by atoms with Gasteiger partial charge in [0.2, 0.25) is 0 Å². The van der Waals surface area contributed by atoms with Gasteiger partial charge in [-0.2, -0.15) is 0 Å². The van der Waals surface area contributed by atoms with E-state index in [2.05, 4.69) is 22.3 Å². The Balaban J connectivity index is 1.84. The highest BCUT2D eigenvalue weighted by Gasteiger charge is 2.35. The lowest BCUT2D eigenvalue weighted by molar-refractivity contribution is 0.257. The van der Waals surface area contributed by atoms with E-state index < -0.39 is 0 Å². The largest absolute Gasteiger partial charge is 0.366 e. The van der Waals surface area contributed by atoms with Crippen LogP contribution in [0.25, 0.3) is 11.3 Å². The molecule has 6 heteroatoms. The quantitative estimate of drug-likeness (QED) is 0.854. The third-order valence-corrected chi connectivity index (χ3v) is 4.52. The molecule has 1 aliphatic carbocycles. The fourth-order valence-electron chi connectivity index (χ4n) is 2.55. The zero-order valence-electron chi connectivity index (χ0n) is 12.5. The van der Waals surface area contributed by atoms with Gasteiger partial charge in [-0.15, -0.1) is 0 Å². The third kappa shape index (κ3) is 3.10. The van der Waals surface area contributed by atoms with Crippen LogP contribution in [0.5, 0.6) is 0 Å². The van der Waals surface area contributed by atoms with Gasteiger partial charge in [-0.3, -0.25) is 0 Å². The molecular weight excluding hydrogens is 318 g/mol. The van der Waals surface area contributed by atoms with Crippen molar-refractivity contribution in [2.75, 3.05) is 7.05 Å². The van der Waals surface area contributed by atoms with Gasteiger partial charge in [0.25, 0.3) is 0 Å². The molecule has 2 aromatic rings. The van der Waals surface area contributed by atoms with E-state index in [0.717, 1.165) is 22.1 Å². The molecule has 1 heterocycles. The first-order valence-corrected chi connectivity index (χ1v) is 8.11. The Morgan fingerprint density at radius 2 is 2.23 bits per heavy atom. The molecule has 1 unspecified atom stereocenters. The van der Waals surface area contributed by atoms with Crippen molar-refractivity contribution < 1.29 is 4.52 Å². The lowest BCUT2D eigenvalue weighted by Crippen LogP contribution is -2.41. The molecule has 1 aliphatic rings. The van der Waals surface area contributed by atoms with Crippen LogP contribution in [0.2, 0.25) is 5.02 Å². The Bertz CT molecular complexity index is 684. The Kier molecular flexibility index (Phi) is 4.36. The summed E-state index contributed by atoms with van der Waals surface area (Å²) >= 11 is 11.5. The number of thiocarbonyl (C=S) groups is 1. The summed E-state index contributed by atoms with van der Waals surface area (Å²) < 4.78 is 5.55. The topological polar surface area (TPSA) is 41.3 Å². The van der Waals surface area contributed by atoms with Gasteiger partial charge < -0.3 is 14.7 Å². The number of nitrogens with zero attached hydrogens (tertiary/aromatic N) is 2. The number of halogens is 1. The maximum atomic E-state index is 6.03. The Morgan fingerprint density at radius 3 is 2.86 bits per heavy atom. The second-order valence-corrected chi connectivity index (χ2v) is 6.32. The Morgan fingerprint density at radius 1 is 1.45 bits per heavy atom. The van der Waals surface area contributed by atoms with Crippen molar-refractivity contribution >= 4 is 28.9 Å². The third-order valence-electron chi connectivity index (χ3n) is 3.87. The maximum absolute atomic E-state index is 6.03. The molecule has 0 radical (unpaired) electrons. The summed E-state index contributed by atoms with van der Waals surface area (Å²) in [6.45, 7) is 2.09. The molecule has 4 nitrogen and oxygen atoms in total. The summed E-state index contributed by atoms with van der Waals surface area (Å²) in [5.41, 5.74) is 1.74. The monoisotopic (exact) mass is 335 g/mol. The molecule has 1 N–H and O–H groups in total. The molecule has 0 spiro atoms. The highest BCUT2D eigenvalue weighted by molar-refractivity contribution is 7.80. The first-order chi connectivity index (χ1) is 10.6. The van der Waals surface area contributed by atoms with Gasteiger partial charge in [0.05, 0.1) is 6.04 Å². The van der Waals surface area contributed by atoms with Crippen molar-refractivity contribution in [1.29, 1.82) is 0 Å². The van der Waals surface area contributed by atoms with Crippen molar-refractivity contribution in [1.82, 2.24) is 15.4 Å². The summed E-state index contributed by atoms with van der Waals surface area (Å²) in [5, 5.41) is 8.66. The summed E-state index contributed by atoms with van der Waals surface area (Å²) in [4.78, 5) is 2.19. The lowest BCUT2D eigenvalue weighted by atomic mass is 10.1. The van der Waals surface area contributed by atoms with Gasteiger partial charge in [-0.1, -0.05) is 28.9 Å². The van der Waals surface area contributed by atoms with Gasteiger partial charge in [0, 0.05) is 29.7 Å². The highest BCUT2D eigenvalue weighted by atomic mass is 35.5. The van der Waals surface area contributed by atoms with Crippen molar-refractivity contribution in [2.24, 2.45) is 0 Å². The van der Waals surface area contributed by atoms with Crippen LogP contribution in [0, 0.1) is 0 Å². The fraction of sp³-hybridized carbons (Fsp3) is 0.375. The molecule has 0 amide bonds. The van der Waals surface area contributed by atoms with E-state index in [9.17, 15) is 0 Å². The molecule has 0 aliphatic heterocycles. The average Bonchev–Trinajstić information content (AvgIpc) is 3.21. The summed E-state index contributed by atoms with van der Waals surface area (Å²) in [6.07, 6.45) is 2.34. The van der Waals surface area contributed by atoms with Crippen LogP contribution < -0.4 is 5.32 Å². The first-order valence-electron chi connectivity index (χ1n) is 7.32. The molecule has 1 saturated carbocycles. The zero-order valence-corrected chi connectivity index (χ0v) is 14.1. The number of benzene rings is 1. The predicted molar refractivity (Wildman–Crippen MR) is 91.9 cm³/mol. The van der Waals surface area contributed by atoms with E-state index in [1.807, 2.05) is 37.4 Å². The molecule has 1 fully saturated rings. The van der Waals surface area contributed by atoms with Crippen molar-refractivity contribution in [3.05, 3.63) is 41.1 Å². The standard InChI is InChI=1S/C16H18ClN3OS/c1-10(20(13-6-7-13)16(22)18-2)15-9-14(19-21-15)11-4-3-5-12(17)8-11/h3-5,8-10,13H,6-7H2,1-2H3,(H,18,22). The van der Waals surface area contributed by atoms with Gasteiger partial charge in [-0.25, -0.2) is 0 Å². The molecule has 1 atom stereocenters. The minimum atomic E-state index is 0.0490. The summed E-state index contributed by atoms with van der Waals surface area (Å²) in [7, 11) is 1.85. The number of nitrogens with one attached hydrogen (secondary N) is 1. The molecule has 3 rings (SSSR count). The van der Waals surface area contributed by atoms with Gasteiger partial charge in [-0.05, 0) is 44.1 Å². The van der Waals surface area contributed by atoms with Crippen LogP contribution in [0.15, 0.2) is 34.9 Å². The zero-order chi connectivity index (χ0) is 15.7. The van der Waals surface area contributed by atoms with Gasteiger partial charge in [0.1, 0.15) is 5.69 Å². The van der Waals surface area contributed by atoms with Crippen LogP contribution in [0.3, 0.4) is 0 Å². The van der Waals surface area contributed by atoms with Crippen molar-refractivity contribution in [3.8, 4) is 11.3 Å². The molecule has 1 aromatic heterocycles. The normalized spacial score (nSPS) is 15.4. The minimum absolute atomic E-state index is 0.0490. The molecule has 0 bridgehead atoms. The van der Waals surface area contributed by atoms with Crippen molar-refractivity contribution in [3.63, 3.8) is 0 Å². The van der Waals surface area contributed by atoms with E-state index in [1.54, 1.807) is 0 Å². The number of rotatable bonds is 4. The average molecular weight is 336 g/mol. The summed E-state index contributed by atoms with van der Waals surface area (Å²) in [5.74, 6) is 0.805. The summed E-state index contributed by atoms with van der Waals surface area (Å²) in [6, 6.07) is 10.1. The number of hydrogen-bond acceptors (Lipinski definition) is 3. The molecule has 116 valence electrons. The second kappa shape index (κ2) is 6.26. The van der Waals surface area contributed by atoms with E-state index in [1.165, 1.54) is 12.8 Å². The second-order valence-electron chi connectivity index (χ2n) is 5.49. The van der Waals surface area contributed by atoms with E-state index in [-0.39, 0.29) is 6.04 Å². The van der Waals surface area contributed by atoms with Gasteiger partial charge in [0.15, 0.2) is 10.9 Å². The Labute approximate surface area is 140 Å². The van der Waals surface area contributed by atoms with Crippen LogP contribution >= 0.6 is 23.8 Å². The van der Waals surface area contributed by atoms with Crippen LogP contribution in [-0.2, 0) is 0 Å². The number of hydrogen-bond donors (Lipinski definition) is 1. The fourth-order valence-corrected chi connectivity index (χ4v) is 3.04. The Hall–Kier alpha value is -1.59. The van der Waals surface area contributed by atoms with E-state index >= 15 is 0 Å². The molecular formula is C16H18ClN3OS. The van der Waals surface area contributed by atoms with Crippen LogP contribution in [-0.4, -0.2) is 28.3 Å². The highest BCUT2D eigenvalue weighted by Crippen LogP contribution is 2.35. The first kappa shape index (κ1) is 15.3. The lowest BCUT2D eigenvalue weighted by Gasteiger charge is -2.29. The SMILES string of the molecule is CNC(=S)N(C1CC1)C(C)c1cc(-c2cccc(Cl)c2)no1. The molecule has 22 heavy (non-hydrogen) atoms. The maximum Gasteiger partial charge on any atom is 0.169 e. The molecule has 0 saturated heterocycles.